The zero-order valence-corrected chi connectivity index (χ0v) is 10.2. The second-order valence-electron chi connectivity index (χ2n) is 5.22. The van der Waals surface area contributed by atoms with Gasteiger partial charge in [0.15, 0.2) is 0 Å². The zero-order valence-electron chi connectivity index (χ0n) is 10.2. The van der Waals surface area contributed by atoms with Gasteiger partial charge in [-0.2, -0.15) is 0 Å². The Morgan fingerprint density at radius 1 is 1.29 bits per heavy atom. The molecule has 0 aromatic heterocycles. The van der Waals surface area contributed by atoms with E-state index in [9.17, 15) is 4.79 Å². The van der Waals surface area contributed by atoms with Crippen LogP contribution in [0.25, 0.3) is 0 Å². The maximum absolute atomic E-state index is 12.1. The van der Waals surface area contributed by atoms with E-state index >= 15 is 0 Å². The highest BCUT2D eigenvalue weighted by atomic mass is 16.7. The van der Waals surface area contributed by atoms with Gasteiger partial charge in [0.1, 0.15) is 5.60 Å². The quantitative estimate of drug-likeness (QED) is 0.498. The summed E-state index contributed by atoms with van der Waals surface area (Å²) in [4.78, 5) is 12.1. The molecule has 0 radical (unpaired) electrons. The monoisotopic (exact) mass is 239 g/mol. The van der Waals surface area contributed by atoms with E-state index in [1.807, 2.05) is 0 Å². The van der Waals surface area contributed by atoms with Gasteiger partial charge in [0, 0.05) is 20.4 Å². The maximum Gasteiger partial charge on any atom is 0.341 e. The first-order valence-electron chi connectivity index (χ1n) is 6.01. The van der Waals surface area contributed by atoms with Crippen molar-refractivity contribution in [1.82, 2.24) is 5.32 Å². The van der Waals surface area contributed by atoms with Crippen molar-refractivity contribution in [3.8, 4) is 0 Å². The van der Waals surface area contributed by atoms with Gasteiger partial charge in [0.25, 0.3) is 0 Å². The van der Waals surface area contributed by atoms with Gasteiger partial charge in [-0.15, -0.1) is 0 Å². The van der Waals surface area contributed by atoms with Crippen molar-refractivity contribution in [3.05, 3.63) is 11.3 Å². The number of nitrogens with one attached hydrogen (secondary N) is 1. The number of hydrogen-bond donors (Lipinski definition) is 1. The van der Waals surface area contributed by atoms with Gasteiger partial charge in [-0.1, -0.05) is 0 Å². The molecule has 0 bridgehead atoms. The standard InChI is InChI=1S/C12H17NO4/c1-11(2)16-10(14)9(12(17-11)3-4-12)8-7-15-6-5-13-8/h13H,3-7H2,1-2H3/b9-8+. The van der Waals surface area contributed by atoms with Crippen molar-refractivity contribution in [2.75, 3.05) is 19.8 Å². The van der Waals surface area contributed by atoms with Gasteiger partial charge in [0.05, 0.1) is 24.5 Å². The fourth-order valence-electron chi connectivity index (χ4n) is 2.53. The molecule has 0 unspecified atom stereocenters. The molecule has 3 fully saturated rings. The first-order chi connectivity index (χ1) is 8.03. The Balaban J connectivity index is 1.96. The molecular weight excluding hydrogens is 222 g/mol. The normalized spacial score (nSPS) is 34.1. The van der Waals surface area contributed by atoms with Crippen LogP contribution in [0.15, 0.2) is 11.3 Å². The van der Waals surface area contributed by atoms with Crippen LogP contribution >= 0.6 is 0 Å². The summed E-state index contributed by atoms with van der Waals surface area (Å²) in [6, 6.07) is 0. The number of morpholine rings is 1. The summed E-state index contributed by atoms with van der Waals surface area (Å²) < 4.78 is 16.6. The van der Waals surface area contributed by atoms with Crippen LogP contribution in [0.4, 0.5) is 0 Å². The molecule has 1 aliphatic carbocycles. The third-order valence-electron chi connectivity index (χ3n) is 3.28. The molecule has 0 amide bonds. The molecular formula is C12H17NO4. The van der Waals surface area contributed by atoms with E-state index in [4.69, 9.17) is 14.2 Å². The lowest BCUT2D eigenvalue weighted by atomic mass is 10.0. The average Bonchev–Trinajstić information content (AvgIpc) is 2.96. The number of ether oxygens (including phenoxy) is 3. The van der Waals surface area contributed by atoms with Crippen LogP contribution in [-0.2, 0) is 19.0 Å². The zero-order chi connectivity index (χ0) is 12.1. The predicted octanol–water partition coefficient (Wildman–Crippen LogP) is 0.702. The van der Waals surface area contributed by atoms with Crippen molar-refractivity contribution in [3.63, 3.8) is 0 Å². The third-order valence-corrected chi connectivity index (χ3v) is 3.28. The van der Waals surface area contributed by atoms with Crippen LogP contribution < -0.4 is 5.32 Å². The first-order valence-corrected chi connectivity index (χ1v) is 6.01. The van der Waals surface area contributed by atoms with Gasteiger partial charge >= 0.3 is 5.97 Å². The van der Waals surface area contributed by atoms with E-state index in [1.54, 1.807) is 13.8 Å². The smallest absolute Gasteiger partial charge is 0.341 e. The highest BCUT2D eigenvalue weighted by Gasteiger charge is 2.59. The van der Waals surface area contributed by atoms with Gasteiger partial charge in [-0.05, 0) is 12.8 Å². The van der Waals surface area contributed by atoms with E-state index in [1.165, 1.54) is 0 Å². The van der Waals surface area contributed by atoms with Gasteiger partial charge in [0.2, 0.25) is 5.79 Å². The number of rotatable bonds is 0. The van der Waals surface area contributed by atoms with Crippen molar-refractivity contribution < 1.29 is 19.0 Å². The maximum atomic E-state index is 12.1. The van der Waals surface area contributed by atoms with Crippen LogP contribution in [0.1, 0.15) is 26.7 Å². The summed E-state index contributed by atoms with van der Waals surface area (Å²) in [6.45, 7) is 5.39. The Morgan fingerprint density at radius 2 is 2.06 bits per heavy atom. The van der Waals surface area contributed by atoms with E-state index in [-0.39, 0.29) is 5.97 Å². The first kappa shape index (κ1) is 11.0. The highest BCUT2D eigenvalue weighted by molar-refractivity contribution is 5.93. The largest absolute Gasteiger partial charge is 0.430 e. The molecule has 5 nitrogen and oxygen atoms in total. The predicted molar refractivity (Wildman–Crippen MR) is 59.1 cm³/mol. The van der Waals surface area contributed by atoms with E-state index < -0.39 is 11.4 Å². The fourth-order valence-corrected chi connectivity index (χ4v) is 2.53. The summed E-state index contributed by atoms with van der Waals surface area (Å²) >= 11 is 0. The Hall–Kier alpha value is -1.07. The van der Waals surface area contributed by atoms with Crippen molar-refractivity contribution >= 4 is 5.97 Å². The van der Waals surface area contributed by atoms with Crippen LogP contribution in [0.5, 0.6) is 0 Å². The minimum atomic E-state index is -0.826. The molecule has 3 aliphatic rings. The van der Waals surface area contributed by atoms with E-state index in [2.05, 4.69) is 5.32 Å². The number of carbonyl (C=O) groups excluding carboxylic acids is 1. The molecule has 1 N–H and O–H groups in total. The summed E-state index contributed by atoms with van der Waals surface area (Å²) in [6.07, 6.45) is 1.76. The molecule has 94 valence electrons. The average molecular weight is 239 g/mol. The highest BCUT2D eigenvalue weighted by Crippen LogP contribution is 2.52. The lowest BCUT2D eigenvalue weighted by Crippen LogP contribution is -2.48. The molecule has 2 heterocycles. The third kappa shape index (κ3) is 1.83. The number of esters is 1. The molecule has 1 spiro atoms. The molecule has 1 saturated carbocycles. The minimum Gasteiger partial charge on any atom is -0.430 e. The summed E-state index contributed by atoms with van der Waals surface area (Å²) in [5, 5.41) is 3.22. The van der Waals surface area contributed by atoms with Crippen LogP contribution in [0.3, 0.4) is 0 Å². The second kappa shape index (κ2) is 3.46. The summed E-state index contributed by atoms with van der Waals surface area (Å²) in [5.41, 5.74) is 1.03. The van der Waals surface area contributed by atoms with Gasteiger partial charge in [-0.25, -0.2) is 4.79 Å². The lowest BCUT2D eigenvalue weighted by Gasteiger charge is -2.38. The molecule has 2 saturated heterocycles. The summed E-state index contributed by atoms with van der Waals surface area (Å²) in [7, 11) is 0. The van der Waals surface area contributed by atoms with Crippen molar-refractivity contribution in [1.29, 1.82) is 0 Å². The topological polar surface area (TPSA) is 56.8 Å². The number of hydrogen-bond acceptors (Lipinski definition) is 5. The molecule has 17 heavy (non-hydrogen) atoms. The Labute approximate surface area is 100 Å². The molecule has 5 heteroatoms. The van der Waals surface area contributed by atoms with Crippen molar-refractivity contribution in [2.45, 2.75) is 38.1 Å². The van der Waals surface area contributed by atoms with Gasteiger partial charge < -0.3 is 19.5 Å². The minimum absolute atomic E-state index is 0.272. The second-order valence-corrected chi connectivity index (χ2v) is 5.22. The molecule has 0 atom stereocenters. The SMILES string of the molecule is CC1(C)OC(=O)/C(=C2/COCCN2)C2(CC2)O1. The number of cyclic esters (lactones) is 1. The van der Waals surface area contributed by atoms with E-state index in [0.717, 1.165) is 25.1 Å². The lowest BCUT2D eigenvalue weighted by molar-refractivity contribution is -0.250. The Morgan fingerprint density at radius 3 is 2.65 bits per heavy atom. The molecule has 0 aromatic rings. The van der Waals surface area contributed by atoms with Crippen molar-refractivity contribution in [2.24, 2.45) is 0 Å². The van der Waals surface area contributed by atoms with Crippen LogP contribution in [-0.4, -0.2) is 37.1 Å². The summed E-state index contributed by atoms with van der Waals surface area (Å²) in [5.74, 6) is -1.10. The van der Waals surface area contributed by atoms with Crippen LogP contribution in [0, 0.1) is 0 Å². The Bertz CT molecular complexity index is 387. The fraction of sp³-hybridized carbons (Fsp3) is 0.750. The molecule has 2 aliphatic heterocycles. The van der Waals surface area contributed by atoms with E-state index in [0.29, 0.717) is 18.8 Å². The molecule has 3 rings (SSSR count). The molecule has 0 aromatic carbocycles. The van der Waals surface area contributed by atoms with Crippen LogP contribution in [0.2, 0.25) is 0 Å². The number of carbonyl (C=O) groups is 1. The van der Waals surface area contributed by atoms with Gasteiger partial charge in [-0.3, -0.25) is 0 Å². The Kier molecular flexibility index (Phi) is 2.25.